The summed E-state index contributed by atoms with van der Waals surface area (Å²) in [5.74, 6) is 2.45. The number of hydrogen-bond acceptors (Lipinski definition) is 3. The molecule has 0 bridgehead atoms. The summed E-state index contributed by atoms with van der Waals surface area (Å²) in [4.78, 5) is 11.9. The van der Waals surface area contributed by atoms with E-state index in [0.29, 0.717) is 18.5 Å². The van der Waals surface area contributed by atoms with Crippen molar-refractivity contribution in [3.05, 3.63) is 40.1 Å². The van der Waals surface area contributed by atoms with Crippen molar-refractivity contribution in [2.24, 2.45) is 10.9 Å². The van der Waals surface area contributed by atoms with E-state index in [2.05, 4.69) is 66.9 Å². The van der Waals surface area contributed by atoms with Crippen LogP contribution in [0.25, 0.3) is 0 Å². The van der Waals surface area contributed by atoms with Gasteiger partial charge in [0.2, 0.25) is 0 Å². The molecule has 2 aromatic rings. The molecule has 0 aliphatic rings. The second-order valence-electron chi connectivity index (χ2n) is 6.85. The molecule has 0 radical (unpaired) electrons. The lowest BCUT2D eigenvalue weighted by atomic mass is 10.2. The number of hydrogen-bond donors (Lipinski definition) is 2. The van der Waals surface area contributed by atoms with Crippen LogP contribution in [-0.4, -0.2) is 28.1 Å². The lowest BCUT2D eigenvalue weighted by Crippen LogP contribution is -2.43. The summed E-state index contributed by atoms with van der Waals surface area (Å²) in [7, 11) is 0. The second kappa shape index (κ2) is 11.6. The maximum atomic E-state index is 4.73. The van der Waals surface area contributed by atoms with Crippen molar-refractivity contribution in [3.63, 3.8) is 0 Å². The lowest BCUT2D eigenvalue weighted by Gasteiger charge is -2.17. The molecular weight excluding hydrogens is 457 g/mol. The van der Waals surface area contributed by atoms with Gasteiger partial charge in [0.25, 0.3) is 0 Å². The Bertz CT molecular complexity index is 677. The Hall–Kier alpha value is -1.09. The van der Waals surface area contributed by atoms with Gasteiger partial charge in [0, 0.05) is 47.7 Å². The summed E-state index contributed by atoms with van der Waals surface area (Å²) in [6.07, 6.45) is 4.90. The second-order valence-corrected chi connectivity index (χ2v) is 8.22. The van der Waals surface area contributed by atoms with E-state index < -0.39 is 0 Å². The standard InChI is InChI=1S/C19H31N5S.HI/c1-6-20-19(23-15(4)11-17-8-7-16(5)25-17)22-12-18-21-9-10-24(18)13-14(2)3;/h7-10,14-15H,6,11-13H2,1-5H3,(H2,20,22,23);1H. The lowest BCUT2D eigenvalue weighted by molar-refractivity contribution is 0.507. The maximum absolute atomic E-state index is 4.73. The first-order valence-corrected chi connectivity index (χ1v) is 9.89. The Kier molecular flexibility index (Phi) is 10.2. The molecule has 5 nitrogen and oxygen atoms in total. The average Bonchev–Trinajstić information content (AvgIpc) is 3.13. The number of imidazole rings is 1. The van der Waals surface area contributed by atoms with Crippen LogP contribution < -0.4 is 10.6 Å². The fourth-order valence-corrected chi connectivity index (χ4v) is 3.72. The number of aliphatic imine (C=N–C) groups is 1. The monoisotopic (exact) mass is 489 g/mol. The molecule has 0 aromatic carbocycles. The SMILES string of the molecule is CCNC(=NCc1nccn1CC(C)C)NC(C)Cc1ccc(C)s1.I. The van der Waals surface area contributed by atoms with Gasteiger partial charge in [-0.15, -0.1) is 35.3 Å². The summed E-state index contributed by atoms with van der Waals surface area (Å²) in [6.45, 7) is 13.3. The molecule has 2 N–H and O–H groups in total. The van der Waals surface area contributed by atoms with Gasteiger partial charge in [0.1, 0.15) is 12.4 Å². The van der Waals surface area contributed by atoms with Gasteiger partial charge in [-0.05, 0) is 38.8 Å². The number of aryl methyl sites for hydroxylation is 1. The number of rotatable bonds is 8. The van der Waals surface area contributed by atoms with Crippen molar-refractivity contribution in [2.75, 3.05) is 6.54 Å². The first-order valence-electron chi connectivity index (χ1n) is 9.08. The summed E-state index contributed by atoms with van der Waals surface area (Å²) >= 11 is 1.86. The van der Waals surface area contributed by atoms with Crippen LogP contribution >= 0.6 is 35.3 Å². The molecule has 0 aliphatic heterocycles. The first kappa shape index (κ1) is 23.0. The van der Waals surface area contributed by atoms with E-state index in [-0.39, 0.29) is 24.0 Å². The Balaban J connectivity index is 0.00000338. The van der Waals surface area contributed by atoms with Crippen LogP contribution in [0.15, 0.2) is 29.5 Å². The summed E-state index contributed by atoms with van der Waals surface area (Å²) in [5, 5.41) is 6.84. The first-order chi connectivity index (χ1) is 12.0. The minimum absolute atomic E-state index is 0. The van der Waals surface area contributed by atoms with Crippen LogP contribution in [0.4, 0.5) is 0 Å². The minimum Gasteiger partial charge on any atom is -0.357 e. The van der Waals surface area contributed by atoms with Crippen LogP contribution in [0.3, 0.4) is 0 Å². The van der Waals surface area contributed by atoms with Crippen molar-refractivity contribution in [1.82, 2.24) is 20.2 Å². The van der Waals surface area contributed by atoms with E-state index in [9.17, 15) is 0 Å². The Labute approximate surface area is 178 Å². The molecule has 0 saturated heterocycles. The molecule has 0 spiro atoms. The van der Waals surface area contributed by atoms with E-state index in [1.165, 1.54) is 9.75 Å². The molecule has 0 fully saturated rings. The number of nitrogens with zero attached hydrogens (tertiary/aromatic N) is 3. The summed E-state index contributed by atoms with van der Waals surface area (Å²) in [6, 6.07) is 4.72. The van der Waals surface area contributed by atoms with Crippen molar-refractivity contribution in [3.8, 4) is 0 Å². The van der Waals surface area contributed by atoms with Gasteiger partial charge in [-0.3, -0.25) is 0 Å². The molecule has 1 atom stereocenters. The number of thiophene rings is 1. The molecule has 0 amide bonds. The van der Waals surface area contributed by atoms with Gasteiger partial charge in [0.15, 0.2) is 5.96 Å². The molecule has 1 unspecified atom stereocenters. The van der Waals surface area contributed by atoms with Crippen LogP contribution in [0.2, 0.25) is 0 Å². The largest absolute Gasteiger partial charge is 0.357 e. The molecule has 2 aromatic heterocycles. The maximum Gasteiger partial charge on any atom is 0.191 e. The molecule has 2 rings (SSSR count). The van der Waals surface area contributed by atoms with Gasteiger partial charge in [-0.2, -0.15) is 0 Å². The van der Waals surface area contributed by atoms with Crippen LogP contribution in [0, 0.1) is 12.8 Å². The van der Waals surface area contributed by atoms with Gasteiger partial charge < -0.3 is 15.2 Å². The van der Waals surface area contributed by atoms with Crippen molar-refractivity contribution in [1.29, 1.82) is 0 Å². The van der Waals surface area contributed by atoms with Gasteiger partial charge in [0.05, 0.1) is 0 Å². The third-order valence-electron chi connectivity index (χ3n) is 3.77. The summed E-state index contributed by atoms with van der Waals surface area (Å²) < 4.78 is 2.19. The molecular formula is C19H32IN5S. The highest BCUT2D eigenvalue weighted by molar-refractivity contribution is 14.0. The van der Waals surface area contributed by atoms with Gasteiger partial charge in [-0.25, -0.2) is 9.98 Å². The van der Waals surface area contributed by atoms with E-state index in [4.69, 9.17) is 4.99 Å². The quantitative estimate of drug-likeness (QED) is 0.332. The Morgan fingerprint density at radius 1 is 1.31 bits per heavy atom. The number of halogens is 1. The van der Waals surface area contributed by atoms with E-state index in [1.54, 1.807) is 0 Å². The van der Waals surface area contributed by atoms with Crippen LogP contribution in [0.5, 0.6) is 0 Å². The average molecular weight is 489 g/mol. The topological polar surface area (TPSA) is 54.2 Å². The predicted molar refractivity (Wildman–Crippen MR) is 123 cm³/mol. The molecule has 26 heavy (non-hydrogen) atoms. The minimum atomic E-state index is 0. The zero-order valence-electron chi connectivity index (χ0n) is 16.5. The van der Waals surface area contributed by atoms with Crippen LogP contribution in [-0.2, 0) is 19.5 Å². The highest BCUT2D eigenvalue weighted by Crippen LogP contribution is 2.16. The van der Waals surface area contributed by atoms with E-state index in [1.807, 2.05) is 23.7 Å². The van der Waals surface area contributed by atoms with Crippen LogP contribution in [0.1, 0.15) is 43.3 Å². The molecule has 7 heteroatoms. The van der Waals surface area contributed by atoms with Gasteiger partial charge in [-0.1, -0.05) is 13.8 Å². The number of nitrogens with one attached hydrogen (secondary N) is 2. The zero-order chi connectivity index (χ0) is 18.2. The Morgan fingerprint density at radius 2 is 2.08 bits per heavy atom. The highest BCUT2D eigenvalue weighted by Gasteiger charge is 2.09. The van der Waals surface area contributed by atoms with Crippen molar-refractivity contribution < 1.29 is 0 Å². The van der Waals surface area contributed by atoms with Crippen molar-refractivity contribution >= 4 is 41.3 Å². The fourth-order valence-electron chi connectivity index (χ4n) is 2.70. The molecule has 0 aliphatic carbocycles. The smallest absolute Gasteiger partial charge is 0.191 e. The number of guanidine groups is 1. The summed E-state index contributed by atoms with van der Waals surface area (Å²) in [5.41, 5.74) is 0. The zero-order valence-corrected chi connectivity index (χ0v) is 19.6. The molecule has 2 heterocycles. The molecule has 146 valence electrons. The third-order valence-corrected chi connectivity index (χ3v) is 4.80. The Morgan fingerprint density at radius 3 is 2.69 bits per heavy atom. The van der Waals surface area contributed by atoms with Crippen molar-refractivity contribution in [2.45, 2.75) is 60.2 Å². The normalized spacial score (nSPS) is 12.8. The predicted octanol–water partition coefficient (Wildman–Crippen LogP) is 4.21. The number of aromatic nitrogens is 2. The van der Waals surface area contributed by atoms with E-state index in [0.717, 1.165) is 31.3 Å². The highest BCUT2D eigenvalue weighted by atomic mass is 127. The van der Waals surface area contributed by atoms with E-state index >= 15 is 0 Å². The fraction of sp³-hybridized carbons (Fsp3) is 0.579. The van der Waals surface area contributed by atoms with Gasteiger partial charge >= 0.3 is 0 Å². The molecule has 0 saturated carbocycles. The third kappa shape index (κ3) is 7.65.